The molecule has 0 aliphatic carbocycles. The zero-order valence-corrected chi connectivity index (χ0v) is 15.1. The van der Waals surface area contributed by atoms with Crippen LogP contribution in [0.2, 0.25) is 0 Å². The molecule has 0 bridgehead atoms. The number of aromatic hydroxyl groups is 2. The van der Waals surface area contributed by atoms with Gasteiger partial charge >= 0.3 is 0 Å². The molecule has 1 atom stereocenters. The van der Waals surface area contributed by atoms with E-state index in [9.17, 15) is 19.7 Å². The fourth-order valence-corrected chi connectivity index (χ4v) is 3.30. The quantitative estimate of drug-likeness (QED) is 0.462. The van der Waals surface area contributed by atoms with E-state index < -0.39 is 17.7 Å². The maximum atomic E-state index is 13.8. The first-order valence-electron chi connectivity index (χ1n) is 8.84. The monoisotopic (exact) mass is 375 g/mol. The molecule has 0 amide bonds. The van der Waals surface area contributed by atoms with Crippen LogP contribution in [0.4, 0.5) is 4.39 Å². The van der Waals surface area contributed by atoms with E-state index in [-0.39, 0.29) is 5.75 Å². The Morgan fingerprint density at radius 3 is 2.32 bits per heavy atom. The molecule has 4 nitrogen and oxygen atoms in total. The Morgan fingerprint density at radius 2 is 1.61 bits per heavy atom. The number of aliphatic hydroxyl groups excluding tert-OH is 1. The first-order chi connectivity index (χ1) is 13.4. The number of pyridine rings is 1. The molecule has 28 heavy (non-hydrogen) atoms. The van der Waals surface area contributed by atoms with Gasteiger partial charge < -0.3 is 15.3 Å². The number of aromatic nitrogens is 1. The second kappa shape index (κ2) is 6.94. The van der Waals surface area contributed by atoms with Gasteiger partial charge in [0.1, 0.15) is 5.75 Å². The van der Waals surface area contributed by atoms with Gasteiger partial charge in [0.25, 0.3) is 0 Å². The predicted molar refractivity (Wildman–Crippen MR) is 107 cm³/mol. The minimum Gasteiger partial charge on any atom is -0.507 e. The van der Waals surface area contributed by atoms with Gasteiger partial charge in [-0.2, -0.15) is 0 Å². The molecular formula is C23H18FNO3. The molecule has 5 heteroatoms. The summed E-state index contributed by atoms with van der Waals surface area (Å²) in [7, 11) is 0. The summed E-state index contributed by atoms with van der Waals surface area (Å²) >= 11 is 0. The summed E-state index contributed by atoms with van der Waals surface area (Å²) in [6.45, 7) is 1.66. The van der Waals surface area contributed by atoms with Gasteiger partial charge in [-0.3, -0.25) is 0 Å². The zero-order valence-electron chi connectivity index (χ0n) is 15.1. The van der Waals surface area contributed by atoms with Gasteiger partial charge in [-0.15, -0.1) is 0 Å². The molecule has 0 saturated heterocycles. The number of hydrogen-bond donors (Lipinski definition) is 3. The molecule has 1 aromatic heterocycles. The van der Waals surface area contributed by atoms with Crippen LogP contribution in [-0.2, 0) is 0 Å². The van der Waals surface area contributed by atoms with E-state index in [1.165, 1.54) is 12.1 Å². The number of aliphatic hydroxyl groups is 1. The van der Waals surface area contributed by atoms with Crippen molar-refractivity contribution in [3.63, 3.8) is 0 Å². The van der Waals surface area contributed by atoms with Gasteiger partial charge in [0.2, 0.25) is 0 Å². The third-order valence-corrected chi connectivity index (χ3v) is 4.75. The van der Waals surface area contributed by atoms with Crippen LogP contribution < -0.4 is 0 Å². The van der Waals surface area contributed by atoms with Crippen LogP contribution in [0.3, 0.4) is 0 Å². The Labute approximate surface area is 161 Å². The molecular weight excluding hydrogens is 357 g/mol. The summed E-state index contributed by atoms with van der Waals surface area (Å²) in [5.41, 5.74) is 3.77. The molecule has 3 N–H and O–H groups in total. The molecule has 0 aliphatic heterocycles. The maximum absolute atomic E-state index is 13.8. The van der Waals surface area contributed by atoms with Gasteiger partial charge in [-0.1, -0.05) is 24.3 Å². The minimum atomic E-state index is -0.772. The van der Waals surface area contributed by atoms with Gasteiger partial charge in [-0.25, -0.2) is 9.37 Å². The molecule has 1 unspecified atom stereocenters. The van der Waals surface area contributed by atoms with Gasteiger partial charge in [0.05, 0.1) is 17.3 Å². The molecule has 0 spiro atoms. The molecule has 1 heterocycles. The normalized spacial score (nSPS) is 12.2. The molecule has 4 aromatic rings. The summed E-state index contributed by atoms with van der Waals surface area (Å²) in [6, 6.07) is 18.4. The van der Waals surface area contributed by atoms with Gasteiger partial charge in [0, 0.05) is 16.5 Å². The summed E-state index contributed by atoms with van der Waals surface area (Å²) in [5, 5.41) is 30.6. The Bertz CT molecular complexity index is 1190. The fraction of sp³-hybridized carbons (Fsp3) is 0.0870. The molecule has 0 aliphatic rings. The van der Waals surface area contributed by atoms with Crippen molar-refractivity contribution in [1.29, 1.82) is 0 Å². The highest BCUT2D eigenvalue weighted by molar-refractivity contribution is 5.90. The SMILES string of the molecule is CC(O)c1cc(-c2ccc(O)c(F)c2)nc2ccc(-c3ccccc3O)cc12. The zero-order chi connectivity index (χ0) is 19.8. The molecule has 0 radical (unpaired) electrons. The van der Waals surface area contributed by atoms with Crippen LogP contribution >= 0.6 is 0 Å². The van der Waals surface area contributed by atoms with Crippen LogP contribution in [0.5, 0.6) is 11.5 Å². The average molecular weight is 375 g/mol. The largest absolute Gasteiger partial charge is 0.507 e. The highest BCUT2D eigenvalue weighted by atomic mass is 19.1. The molecule has 0 fully saturated rings. The van der Waals surface area contributed by atoms with Crippen LogP contribution in [0.25, 0.3) is 33.3 Å². The molecule has 0 saturated carbocycles. The van der Waals surface area contributed by atoms with Crippen LogP contribution in [-0.4, -0.2) is 20.3 Å². The average Bonchev–Trinajstić information content (AvgIpc) is 2.69. The van der Waals surface area contributed by atoms with E-state index in [2.05, 4.69) is 4.98 Å². The Hall–Kier alpha value is -3.44. The number of nitrogens with zero attached hydrogens (tertiary/aromatic N) is 1. The molecule has 3 aromatic carbocycles. The van der Waals surface area contributed by atoms with E-state index in [0.717, 1.165) is 10.9 Å². The number of benzene rings is 3. The van der Waals surface area contributed by atoms with Gasteiger partial charge in [-0.05, 0) is 60.5 Å². The smallest absolute Gasteiger partial charge is 0.165 e. The number of phenols is 2. The molecule has 140 valence electrons. The fourth-order valence-electron chi connectivity index (χ4n) is 3.30. The summed E-state index contributed by atoms with van der Waals surface area (Å²) in [4.78, 5) is 4.59. The topological polar surface area (TPSA) is 73.6 Å². The lowest BCUT2D eigenvalue weighted by Gasteiger charge is -2.14. The van der Waals surface area contributed by atoms with E-state index in [0.29, 0.717) is 27.9 Å². The second-order valence-corrected chi connectivity index (χ2v) is 6.69. The third kappa shape index (κ3) is 3.17. The lowest BCUT2D eigenvalue weighted by Crippen LogP contribution is -1.97. The maximum Gasteiger partial charge on any atom is 0.165 e. The minimum absolute atomic E-state index is 0.171. The molecule has 4 rings (SSSR count). The van der Waals surface area contributed by atoms with E-state index in [4.69, 9.17) is 0 Å². The lowest BCUT2D eigenvalue weighted by molar-refractivity contribution is 0.201. The number of hydrogen-bond acceptors (Lipinski definition) is 4. The van der Waals surface area contributed by atoms with Gasteiger partial charge in [0.15, 0.2) is 11.6 Å². The Kier molecular flexibility index (Phi) is 4.45. The first-order valence-corrected chi connectivity index (χ1v) is 8.84. The van der Waals surface area contributed by atoms with Crippen LogP contribution in [0.15, 0.2) is 66.7 Å². The number of rotatable bonds is 3. The second-order valence-electron chi connectivity index (χ2n) is 6.69. The number of halogens is 1. The van der Waals surface area contributed by atoms with Crippen LogP contribution in [0.1, 0.15) is 18.6 Å². The number of para-hydroxylation sites is 1. The summed E-state index contributed by atoms with van der Waals surface area (Å²) < 4.78 is 13.8. The van der Waals surface area contributed by atoms with E-state index in [1.807, 2.05) is 30.3 Å². The van der Waals surface area contributed by atoms with Crippen molar-refractivity contribution in [3.8, 4) is 33.9 Å². The van der Waals surface area contributed by atoms with Crippen molar-refractivity contribution in [2.24, 2.45) is 0 Å². The standard InChI is InChI=1S/C23H18FNO3/c1-13(26)17-12-21(15-7-9-23(28)19(24)11-15)25-20-8-6-14(10-18(17)20)16-4-2-3-5-22(16)27/h2-13,26-28H,1H3. The Morgan fingerprint density at radius 1 is 0.857 bits per heavy atom. The van der Waals surface area contributed by atoms with E-state index in [1.54, 1.807) is 31.2 Å². The van der Waals surface area contributed by atoms with Crippen molar-refractivity contribution in [2.75, 3.05) is 0 Å². The van der Waals surface area contributed by atoms with Crippen molar-refractivity contribution in [3.05, 3.63) is 78.1 Å². The lowest BCUT2D eigenvalue weighted by atomic mass is 9.97. The third-order valence-electron chi connectivity index (χ3n) is 4.75. The van der Waals surface area contributed by atoms with E-state index >= 15 is 0 Å². The van der Waals surface area contributed by atoms with Crippen molar-refractivity contribution < 1.29 is 19.7 Å². The number of phenolic OH excluding ortho intramolecular Hbond substituents is 2. The summed E-state index contributed by atoms with van der Waals surface area (Å²) in [6.07, 6.45) is -0.772. The van der Waals surface area contributed by atoms with Crippen molar-refractivity contribution in [1.82, 2.24) is 4.98 Å². The Balaban J connectivity index is 1.92. The number of fused-ring (bicyclic) bond motifs is 1. The van der Waals surface area contributed by atoms with Crippen molar-refractivity contribution >= 4 is 10.9 Å². The summed E-state index contributed by atoms with van der Waals surface area (Å²) in [5.74, 6) is -0.981. The first kappa shape index (κ1) is 17.9. The highest BCUT2D eigenvalue weighted by Gasteiger charge is 2.14. The highest BCUT2D eigenvalue weighted by Crippen LogP contribution is 2.35. The predicted octanol–water partition coefficient (Wildman–Crippen LogP) is 5.17. The van der Waals surface area contributed by atoms with Crippen molar-refractivity contribution in [2.45, 2.75) is 13.0 Å². The van der Waals surface area contributed by atoms with Crippen LogP contribution in [0, 0.1) is 5.82 Å².